The van der Waals surface area contributed by atoms with Gasteiger partial charge in [0.2, 0.25) is 5.91 Å². The van der Waals surface area contributed by atoms with E-state index in [0.29, 0.717) is 13.0 Å². The average molecular weight is 484 g/mol. The van der Waals surface area contributed by atoms with Crippen LogP contribution in [0.15, 0.2) is 48.5 Å². The molecular formula is C23H24F4N2O5. The fourth-order valence-electron chi connectivity index (χ4n) is 3.36. The summed E-state index contributed by atoms with van der Waals surface area (Å²) >= 11 is 0. The summed E-state index contributed by atoms with van der Waals surface area (Å²) in [5.74, 6) is -4.16. The van der Waals surface area contributed by atoms with Crippen molar-refractivity contribution >= 4 is 17.8 Å². The Morgan fingerprint density at radius 2 is 1.65 bits per heavy atom. The summed E-state index contributed by atoms with van der Waals surface area (Å²) in [6.45, 7) is 2.42. The van der Waals surface area contributed by atoms with Gasteiger partial charge in [-0.1, -0.05) is 43.3 Å². The van der Waals surface area contributed by atoms with E-state index in [2.05, 4.69) is 0 Å². The highest BCUT2D eigenvalue weighted by atomic mass is 19.4. The van der Waals surface area contributed by atoms with Crippen LogP contribution in [0.4, 0.5) is 17.6 Å². The van der Waals surface area contributed by atoms with E-state index in [1.54, 1.807) is 18.2 Å². The van der Waals surface area contributed by atoms with Crippen LogP contribution in [0.5, 0.6) is 0 Å². The summed E-state index contributed by atoms with van der Waals surface area (Å²) in [5.41, 5.74) is 8.97. The predicted molar refractivity (Wildman–Crippen MR) is 115 cm³/mol. The lowest BCUT2D eigenvalue weighted by molar-refractivity contribution is -0.192. The summed E-state index contributed by atoms with van der Waals surface area (Å²) in [5, 5.41) is 16.2. The molecule has 0 radical (unpaired) electrons. The Labute approximate surface area is 192 Å². The lowest BCUT2D eigenvalue weighted by atomic mass is 9.91. The Morgan fingerprint density at radius 1 is 1.06 bits per heavy atom. The van der Waals surface area contributed by atoms with E-state index in [0.717, 1.165) is 16.7 Å². The summed E-state index contributed by atoms with van der Waals surface area (Å²) < 4.78 is 45.1. The van der Waals surface area contributed by atoms with Gasteiger partial charge in [-0.15, -0.1) is 0 Å². The third kappa shape index (κ3) is 7.01. The van der Waals surface area contributed by atoms with E-state index in [-0.39, 0.29) is 23.9 Å². The van der Waals surface area contributed by atoms with Crippen molar-refractivity contribution in [2.24, 2.45) is 5.73 Å². The van der Waals surface area contributed by atoms with Gasteiger partial charge in [-0.25, -0.2) is 14.0 Å². The molecule has 7 nitrogen and oxygen atoms in total. The number of amides is 1. The standard InChI is InChI=1S/C21H23FN2O3.C2HF3O2/c1-13(19(23)20(25)24-10-9-18(22)12-24)14-5-7-15(8-6-14)16-3-2-4-17(11-16)21(26)27;3-2(4,5)1(6)7/h2-8,11,13,18-19H,9-10,12,23H2,1H3,(H,26,27);(H,6,7)/t13-,18-,19-;/m0./s1. The van der Waals surface area contributed by atoms with Gasteiger partial charge in [0.25, 0.3) is 0 Å². The normalized spacial score (nSPS) is 17.4. The number of likely N-dealkylation sites (tertiary alicyclic amines) is 1. The molecule has 1 aliphatic heterocycles. The molecule has 2 aromatic rings. The minimum atomic E-state index is -5.08. The number of aliphatic carboxylic acids is 1. The Balaban J connectivity index is 0.000000509. The van der Waals surface area contributed by atoms with Crippen LogP contribution in [0.2, 0.25) is 0 Å². The molecular weight excluding hydrogens is 460 g/mol. The van der Waals surface area contributed by atoms with Crippen molar-refractivity contribution in [3.63, 3.8) is 0 Å². The molecule has 3 rings (SSSR count). The molecule has 0 aliphatic carbocycles. The quantitative estimate of drug-likeness (QED) is 0.557. The molecule has 1 aliphatic rings. The zero-order valence-electron chi connectivity index (χ0n) is 18.1. The van der Waals surface area contributed by atoms with Crippen molar-refractivity contribution in [3.05, 3.63) is 59.7 Å². The van der Waals surface area contributed by atoms with Gasteiger partial charge in [0.15, 0.2) is 0 Å². The van der Waals surface area contributed by atoms with Crippen LogP contribution >= 0.6 is 0 Å². The first kappa shape index (κ1) is 26.8. The van der Waals surface area contributed by atoms with Crippen LogP contribution in [0.1, 0.15) is 35.2 Å². The molecule has 34 heavy (non-hydrogen) atoms. The third-order valence-corrected chi connectivity index (χ3v) is 5.39. The van der Waals surface area contributed by atoms with Gasteiger partial charge < -0.3 is 20.8 Å². The molecule has 184 valence electrons. The topological polar surface area (TPSA) is 121 Å². The molecule has 0 unspecified atom stereocenters. The zero-order valence-corrected chi connectivity index (χ0v) is 18.1. The predicted octanol–water partition coefficient (Wildman–Crippen LogP) is 3.69. The van der Waals surface area contributed by atoms with E-state index >= 15 is 0 Å². The highest BCUT2D eigenvalue weighted by Crippen LogP contribution is 2.26. The van der Waals surface area contributed by atoms with Crippen LogP contribution in [0.3, 0.4) is 0 Å². The Bertz CT molecular complexity index is 1030. The van der Waals surface area contributed by atoms with Crippen molar-refractivity contribution in [1.82, 2.24) is 4.90 Å². The Morgan fingerprint density at radius 3 is 2.12 bits per heavy atom. The number of carbonyl (C=O) groups excluding carboxylic acids is 1. The summed E-state index contributed by atoms with van der Waals surface area (Å²) in [6, 6.07) is 13.6. The number of aromatic carboxylic acids is 1. The smallest absolute Gasteiger partial charge is 0.478 e. The second-order valence-electron chi connectivity index (χ2n) is 7.80. The molecule has 0 saturated carbocycles. The second kappa shape index (κ2) is 11.1. The number of hydrogen-bond acceptors (Lipinski definition) is 4. The average Bonchev–Trinajstić information content (AvgIpc) is 3.23. The fraction of sp³-hybridized carbons (Fsp3) is 0.348. The number of halogens is 4. The third-order valence-electron chi connectivity index (χ3n) is 5.39. The molecule has 11 heteroatoms. The number of carboxylic acids is 2. The monoisotopic (exact) mass is 484 g/mol. The number of nitrogens with zero attached hydrogens (tertiary/aromatic N) is 1. The molecule has 1 amide bonds. The molecule has 3 atom stereocenters. The minimum Gasteiger partial charge on any atom is -0.478 e. The van der Waals surface area contributed by atoms with Crippen LogP contribution in [0.25, 0.3) is 11.1 Å². The van der Waals surface area contributed by atoms with E-state index in [4.69, 9.17) is 20.7 Å². The van der Waals surface area contributed by atoms with Crippen LogP contribution in [0, 0.1) is 0 Å². The molecule has 1 heterocycles. The summed E-state index contributed by atoms with van der Waals surface area (Å²) in [6.07, 6.45) is -5.67. The van der Waals surface area contributed by atoms with Crippen molar-refractivity contribution < 1.29 is 42.2 Å². The minimum absolute atomic E-state index is 0.123. The van der Waals surface area contributed by atoms with E-state index in [9.17, 15) is 27.2 Å². The van der Waals surface area contributed by atoms with Gasteiger partial charge in [0.1, 0.15) is 6.17 Å². The van der Waals surface area contributed by atoms with Crippen molar-refractivity contribution in [1.29, 1.82) is 0 Å². The summed E-state index contributed by atoms with van der Waals surface area (Å²) in [4.78, 5) is 34.0. The Kier molecular flexibility index (Phi) is 8.74. The van der Waals surface area contributed by atoms with Crippen LogP contribution < -0.4 is 5.73 Å². The maximum Gasteiger partial charge on any atom is 0.490 e. The molecule has 1 saturated heterocycles. The first-order valence-electron chi connectivity index (χ1n) is 10.2. The van der Waals surface area contributed by atoms with Crippen LogP contribution in [-0.2, 0) is 9.59 Å². The molecule has 2 aromatic carbocycles. The number of carboxylic acid groups (broad SMARTS) is 2. The van der Waals surface area contributed by atoms with Gasteiger partial charge in [0, 0.05) is 12.5 Å². The SMILES string of the molecule is C[C@@H](c1ccc(-c2cccc(C(=O)O)c2)cc1)[C@H](N)C(=O)N1CC[C@H](F)C1.O=C(O)C(F)(F)F. The number of alkyl halides is 4. The number of carbonyl (C=O) groups is 3. The Hall–Kier alpha value is -3.47. The first-order chi connectivity index (χ1) is 15.8. The maximum absolute atomic E-state index is 13.3. The van der Waals surface area contributed by atoms with E-state index in [1.165, 1.54) is 4.90 Å². The zero-order chi connectivity index (χ0) is 25.6. The maximum atomic E-state index is 13.3. The number of rotatable bonds is 5. The van der Waals surface area contributed by atoms with Gasteiger partial charge in [-0.2, -0.15) is 13.2 Å². The van der Waals surface area contributed by atoms with Crippen LogP contribution in [-0.4, -0.2) is 64.4 Å². The van der Waals surface area contributed by atoms with Crippen molar-refractivity contribution in [3.8, 4) is 11.1 Å². The second-order valence-corrected chi connectivity index (χ2v) is 7.80. The van der Waals surface area contributed by atoms with E-state index < -0.39 is 30.3 Å². The molecule has 0 bridgehead atoms. The molecule has 4 N–H and O–H groups in total. The highest BCUT2D eigenvalue weighted by molar-refractivity contribution is 5.89. The number of benzene rings is 2. The molecule has 1 fully saturated rings. The number of hydrogen-bond donors (Lipinski definition) is 3. The van der Waals surface area contributed by atoms with Gasteiger partial charge in [0.05, 0.1) is 18.2 Å². The summed E-state index contributed by atoms with van der Waals surface area (Å²) in [7, 11) is 0. The largest absolute Gasteiger partial charge is 0.490 e. The van der Waals surface area contributed by atoms with E-state index in [1.807, 2.05) is 37.3 Å². The lowest BCUT2D eigenvalue weighted by Crippen LogP contribution is -2.45. The lowest BCUT2D eigenvalue weighted by Gasteiger charge is -2.25. The highest BCUT2D eigenvalue weighted by Gasteiger charge is 2.38. The van der Waals surface area contributed by atoms with Gasteiger partial charge in [-0.05, 0) is 35.2 Å². The molecule has 0 aromatic heterocycles. The molecule has 0 spiro atoms. The number of nitrogens with two attached hydrogens (primary N) is 1. The van der Waals surface area contributed by atoms with Crippen molar-refractivity contribution in [2.45, 2.75) is 37.7 Å². The first-order valence-corrected chi connectivity index (χ1v) is 10.2. The van der Waals surface area contributed by atoms with Crippen molar-refractivity contribution in [2.75, 3.05) is 13.1 Å². The van der Waals surface area contributed by atoms with Gasteiger partial charge in [-0.3, -0.25) is 4.79 Å². The fourth-order valence-corrected chi connectivity index (χ4v) is 3.36. The van der Waals surface area contributed by atoms with Gasteiger partial charge >= 0.3 is 18.1 Å².